The highest BCUT2D eigenvalue weighted by atomic mass is 16.6. The zero-order chi connectivity index (χ0) is 32.4. The maximum absolute atomic E-state index is 13.6. The monoisotopic (exact) mass is 617 g/mol. The predicted octanol–water partition coefficient (Wildman–Crippen LogP) is 5.37. The Bertz CT molecular complexity index is 1670. The van der Waals surface area contributed by atoms with Crippen molar-refractivity contribution < 1.29 is 28.9 Å². The molecule has 1 atom stereocenters. The lowest BCUT2D eigenvalue weighted by molar-refractivity contribution is -0.0446. The van der Waals surface area contributed by atoms with Crippen LogP contribution >= 0.6 is 0 Å². The Balaban J connectivity index is 1.47. The van der Waals surface area contributed by atoms with Crippen LogP contribution in [-0.2, 0) is 14.2 Å². The molecule has 0 spiro atoms. The fourth-order valence-corrected chi connectivity index (χ4v) is 4.67. The molecule has 0 radical (unpaired) electrons. The molecule has 2 aromatic carbocycles. The van der Waals surface area contributed by atoms with E-state index in [1.165, 1.54) is 15.8 Å². The average molecular weight is 618 g/mol. The number of aromatic nitrogens is 4. The quantitative estimate of drug-likeness (QED) is 0.270. The minimum absolute atomic E-state index is 0.278. The van der Waals surface area contributed by atoms with E-state index in [4.69, 9.17) is 19.2 Å². The van der Waals surface area contributed by atoms with Crippen LogP contribution in [0.25, 0.3) is 22.3 Å². The van der Waals surface area contributed by atoms with Gasteiger partial charge in [0.2, 0.25) is 0 Å². The van der Waals surface area contributed by atoms with Crippen LogP contribution in [0.2, 0.25) is 0 Å². The second kappa shape index (κ2) is 12.8. The van der Waals surface area contributed by atoms with Gasteiger partial charge in [0.1, 0.15) is 17.0 Å². The van der Waals surface area contributed by atoms with Crippen molar-refractivity contribution in [3.63, 3.8) is 0 Å². The van der Waals surface area contributed by atoms with Gasteiger partial charge in [0, 0.05) is 35.9 Å². The van der Waals surface area contributed by atoms with Crippen molar-refractivity contribution in [3.05, 3.63) is 60.9 Å². The largest absolute Gasteiger partial charge is 0.443 e. The van der Waals surface area contributed by atoms with Crippen molar-refractivity contribution in [2.75, 3.05) is 36.5 Å². The summed E-state index contributed by atoms with van der Waals surface area (Å²) in [6, 6.07) is 14.1. The van der Waals surface area contributed by atoms with Crippen molar-refractivity contribution in [2.45, 2.75) is 59.1 Å². The lowest BCUT2D eigenvalue weighted by Crippen LogP contribution is -2.47. The Morgan fingerprint density at radius 1 is 1.00 bits per heavy atom. The molecule has 3 heterocycles. The van der Waals surface area contributed by atoms with Gasteiger partial charge >= 0.3 is 12.2 Å². The molecule has 4 aromatic rings. The normalized spacial score (nSPS) is 15.0. The number of rotatable bonds is 6. The zero-order valence-electron chi connectivity index (χ0n) is 26.4. The number of hydrogen-bond donors (Lipinski definition) is 2. The number of aliphatic hydroxyl groups is 1. The molecule has 5 rings (SSSR count). The number of benzene rings is 2. The van der Waals surface area contributed by atoms with Crippen molar-refractivity contribution in [2.24, 2.45) is 0 Å². The number of carbonyl (C=O) groups is 2. The topological polar surface area (TPSA) is 144 Å². The number of fused-ring (bicyclic) bond motifs is 1. The molecule has 1 aliphatic heterocycles. The van der Waals surface area contributed by atoms with E-state index >= 15 is 0 Å². The number of anilines is 3. The van der Waals surface area contributed by atoms with E-state index in [0.717, 1.165) is 0 Å². The summed E-state index contributed by atoms with van der Waals surface area (Å²) in [5, 5.41) is 18.6. The molecular weight excluding hydrogens is 578 g/mol. The van der Waals surface area contributed by atoms with Crippen LogP contribution in [0.3, 0.4) is 0 Å². The molecule has 0 saturated carbocycles. The van der Waals surface area contributed by atoms with Crippen molar-refractivity contribution >= 4 is 40.3 Å². The van der Waals surface area contributed by atoms with Crippen molar-refractivity contribution in [3.8, 4) is 11.4 Å². The number of carbonyl (C=O) groups excluding carboxylic acids is 2. The van der Waals surface area contributed by atoms with Crippen LogP contribution in [0.4, 0.5) is 26.8 Å². The summed E-state index contributed by atoms with van der Waals surface area (Å²) in [6.07, 6.45) is 0.967. The van der Waals surface area contributed by atoms with Crippen LogP contribution in [0.5, 0.6) is 0 Å². The fourth-order valence-electron chi connectivity index (χ4n) is 4.67. The van der Waals surface area contributed by atoms with Gasteiger partial charge in [-0.3, -0.25) is 4.90 Å². The second-order valence-electron chi connectivity index (χ2n) is 12.6. The van der Waals surface area contributed by atoms with Gasteiger partial charge in [-0.05, 0) is 77.9 Å². The molecule has 2 N–H and O–H groups in total. The number of hydrogen-bond acceptors (Lipinski definition) is 11. The van der Waals surface area contributed by atoms with Gasteiger partial charge in [-0.2, -0.15) is 9.78 Å². The first-order valence-electron chi connectivity index (χ1n) is 14.7. The maximum Gasteiger partial charge on any atom is 0.435 e. The summed E-state index contributed by atoms with van der Waals surface area (Å²) in [4.78, 5) is 38.8. The fraction of sp³-hybridized carbons (Fsp3) is 0.406. The minimum Gasteiger partial charge on any atom is -0.443 e. The third kappa shape index (κ3) is 7.93. The van der Waals surface area contributed by atoms with E-state index in [1.54, 1.807) is 72.0 Å². The molecule has 0 aliphatic carbocycles. The van der Waals surface area contributed by atoms with Gasteiger partial charge in [0.15, 0.2) is 12.2 Å². The predicted molar refractivity (Wildman–Crippen MR) is 169 cm³/mol. The van der Waals surface area contributed by atoms with Gasteiger partial charge in [0.05, 0.1) is 30.6 Å². The molecule has 238 valence electrons. The Labute approximate surface area is 261 Å². The van der Waals surface area contributed by atoms with E-state index < -0.39 is 29.7 Å². The molecule has 13 heteroatoms. The van der Waals surface area contributed by atoms with Gasteiger partial charge < -0.3 is 24.6 Å². The Morgan fingerprint density at radius 2 is 1.73 bits per heavy atom. The minimum atomic E-state index is -0.881. The molecule has 1 saturated heterocycles. The van der Waals surface area contributed by atoms with Gasteiger partial charge in [0.25, 0.3) is 0 Å². The van der Waals surface area contributed by atoms with Crippen LogP contribution < -0.4 is 10.2 Å². The number of ether oxygens (including phenoxy) is 3. The number of nitrogens with one attached hydrogen (secondary N) is 1. The molecule has 0 bridgehead atoms. The highest BCUT2D eigenvalue weighted by molar-refractivity contribution is 5.98. The van der Waals surface area contributed by atoms with Crippen LogP contribution in [0.1, 0.15) is 41.5 Å². The number of amides is 1. The van der Waals surface area contributed by atoms with E-state index in [0.29, 0.717) is 60.0 Å². The summed E-state index contributed by atoms with van der Waals surface area (Å²) in [5.74, 6) is 0.643. The summed E-state index contributed by atoms with van der Waals surface area (Å²) in [6.45, 7) is 13.1. The standard InChI is InChI=1S/C32H39N7O6/c1-31(2,3)44-29(41)38(24-10-11-25-22(19-24)20-34-39(25)30(42)45-32(4,5)6)26-12-13-33-27(36-26)21-8-7-9-23(18-21)35-28(40)37-14-16-43-17-15-37/h7-13,18-20,28,35,40H,14-17H2,1-6H3. The van der Waals surface area contributed by atoms with E-state index in [9.17, 15) is 14.7 Å². The number of aliphatic hydroxyl groups excluding tert-OH is 1. The van der Waals surface area contributed by atoms with Crippen LogP contribution in [0.15, 0.2) is 60.9 Å². The highest BCUT2D eigenvalue weighted by Gasteiger charge is 2.28. The first kappa shape index (κ1) is 31.8. The van der Waals surface area contributed by atoms with E-state index in [1.807, 2.05) is 29.2 Å². The molecule has 2 aromatic heterocycles. The lowest BCUT2D eigenvalue weighted by atomic mass is 10.2. The summed E-state index contributed by atoms with van der Waals surface area (Å²) >= 11 is 0. The van der Waals surface area contributed by atoms with Gasteiger partial charge in [-0.25, -0.2) is 24.5 Å². The SMILES string of the molecule is CC(C)(C)OC(=O)N(c1ccc2c(cnn2C(=O)OC(C)(C)C)c1)c1ccnc(-c2cccc(NC(O)N3CCOCC3)c2)n1. The first-order valence-corrected chi connectivity index (χ1v) is 14.7. The van der Waals surface area contributed by atoms with Crippen LogP contribution in [-0.4, -0.2) is 85.8 Å². The van der Waals surface area contributed by atoms with Crippen LogP contribution in [0, 0.1) is 0 Å². The van der Waals surface area contributed by atoms with Crippen molar-refractivity contribution in [1.82, 2.24) is 24.6 Å². The first-order chi connectivity index (χ1) is 21.3. The van der Waals surface area contributed by atoms with E-state index in [2.05, 4.69) is 15.4 Å². The molecule has 1 fully saturated rings. The molecule has 45 heavy (non-hydrogen) atoms. The Hall–Kier alpha value is -4.59. The molecule has 13 nitrogen and oxygen atoms in total. The highest BCUT2D eigenvalue weighted by Crippen LogP contribution is 2.31. The molecule has 1 aliphatic rings. The average Bonchev–Trinajstić information content (AvgIpc) is 3.40. The number of nitrogens with zero attached hydrogens (tertiary/aromatic N) is 6. The lowest BCUT2D eigenvalue weighted by Gasteiger charge is -2.31. The Kier molecular flexibility index (Phi) is 9.05. The molecule has 1 unspecified atom stereocenters. The third-order valence-corrected chi connectivity index (χ3v) is 6.63. The van der Waals surface area contributed by atoms with Gasteiger partial charge in [-0.15, -0.1) is 0 Å². The Morgan fingerprint density at radius 3 is 2.44 bits per heavy atom. The summed E-state index contributed by atoms with van der Waals surface area (Å²) in [7, 11) is 0. The van der Waals surface area contributed by atoms with Gasteiger partial charge in [-0.1, -0.05) is 12.1 Å². The molecular formula is C32H39N7O6. The third-order valence-electron chi connectivity index (χ3n) is 6.63. The zero-order valence-corrected chi connectivity index (χ0v) is 26.4. The smallest absolute Gasteiger partial charge is 0.435 e. The summed E-state index contributed by atoms with van der Waals surface area (Å²) < 4.78 is 17.8. The van der Waals surface area contributed by atoms with E-state index in [-0.39, 0.29) is 5.82 Å². The summed E-state index contributed by atoms with van der Waals surface area (Å²) in [5.41, 5.74) is 0.855. The number of morpholine rings is 1. The maximum atomic E-state index is 13.6. The molecule has 1 amide bonds. The van der Waals surface area contributed by atoms with Crippen molar-refractivity contribution in [1.29, 1.82) is 0 Å². The second-order valence-corrected chi connectivity index (χ2v) is 12.6.